The second-order valence-electron chi connectivity index (χ2n) is 7.79. The summed E-state index contributed by atoms with van der Waals surface area (Å²) in [6.45, 7) is 1.95. The average molecular weight is 444 g/mol. The summed E-state index contributed by atoms with van der Waals surface area (Å²) >= 11 is 0. The Balaban J connectivity index is 3.60. The van der Waals surface area contributed by atoms with E-state index < -0.39 is 13.9 Å². The molecule has 30 heavy (non-hydrogen) atoms. The number of phosphoric acid groups is 1. The number of carbonyl (C=O) groups is 1. The Hall–Kier alpha value is -1.12. The van der Waals surface area contributed by atoms with Gasteiger partial charge < -0.3 is 15.1 Å². The molecule has 0 aliphatic heterocycles. The molecule has 0 unspecified atom stereocenters. The Morgan fingerprint density at radius 3 is 2.07 bits per heavy atom. The minimum absolute atomic E-state index is 0.165. The number of carbonyl (C=O) groups excluding carboxylic acids is 1. The summed E-state index contributed by atoms with van der Waals surface area (Å²) in [7, 11) is -4.56. The molecule has 1 amide bonds. The Labute approximate surface area is 183 Å². The molecule has 0 fully saturated rings. The van der Waals surface area contributed by atoms with Gasteiger partial charge in [0, 0.05) is 12.8 Å². The van der Waals surface area contributed by atoms with Crippen LogP contribution in [0.25, 0.3) is 0 Å². The van der Waals surface area contributed by atoms with Crippen LogP contribution in [0.1, 0.15) is 103 Å². The summed E-state index contributed by atoms with van der Waals surface area (Å²) in [5.74, 6) is 2.21. The molecule has 0 aromatic heterocycles. The third-order valence-electron chi connectivity index (χ3n) is 4.84. The molecule has 0 bridgehead atoms. The standard InChI is InChI=1S/C23H42NO5P/c1-3-5-6-7-8-9-10-11-12-13-14-15-16-17-18-20-23(25)24-22(19-4-2)21-29-30(26,27)28/h2,11-12,22H,3,5-10,13-21H2,1H3,(H,24,25)(H2,26,27,28)/t22-/m1/s1. The fourth-order valence-electron chi connectivity index (χ4n) is 3.14. The first kappa shape index (κ1) is 28.9. The van der Waals surface area contributed by atoms with Crippen molar-refractivity contribution in [3.63, 3.8) is 0 Å². The van der Waals surface area contributed by atoms with Crippen molar-refractivity contribution < 1.29 is 23.7 Å². The second-order valence-corrected chi connectivity index (χ2v) is 9.03. The molecule has 0 aromatic carbocycles. The molecule has 7 heteroatoms. The third kappa shape index (κ3) is 21.6. The van der Waals surface area contributed by atoms with Gasteiger partial charge in [-0.25, -0.2) is 4.57 Å². The minimum Gasteiger partial charge on any atom is -0.350 e. The monoisotopic (exact) mass is 443 g/mol. The number of nitrogens with one attached hydrogen (secondary N) is 1. The molecule has 174 valence electrons. The van der Waals surface area contributed by atoms with Crippen molar-refractivity contribution in [3.05, 3.63) is 12.2 Å². The van der Waals surface area contributed by atoms with Crippen LogP contribution in [-0.2, 0) is 13.9 Å². The van der Waals surface area contributed by atoms with E-state index in [1.165, 1.54) is 57.8 Å². The highest BCUT2D eigenvalue weighted by Crippen LogP contribution is 2.35. The number of hydrogen-bond donors (Lipinski definition) is 3. The Morgan fingerprint density at radius 1 is 1.00 bits per heavy atom. The van der Waals surface area contributed by atoms with Gasteiger partial charge in [-0.15, -0.1) is 12.3 Å². The maximum absolute atomic E-state index is 11.9. The van der Waals surface area contributed by atoms with Gasteiger partial charge in [0.2, 0.25) is 5.91 Å². The van der Waals surface area contributed by atoms with Gasteiger partial charge in [-0.2, -0.15) is 0 Å². The molecule has 0 heterocycles. The lowest BCUT2D eigenvalue weighted by molar-refractivity contribution is -0.122. The summed E-state index contributed by atoms with van der Waals surface area (Å²) in [5.41, 5.74) is 0. The molecule has 3 N–H and O–H groups in total. The van der Waals surface area contributed by atoms with Crippen molar-refractivity contribution in [2.45, 2.75) is 109 Å². The Kier molecular flexibility index (Phi) is 19.1. The zero-order chi connectivity index (χ0) is 22.5. The number of phosphoric ester groups is 1. The Bertz CT molecular complexity index is 538. The van der Waals surface area contributed by atoms with E-state index >= 15 is 0 Å². The summed E-state index contributed by atoms with van der Waals surface area (Å²) in [6, 6.07) is -0.585. The third-order valence-corrected chi connectivity index (χ3v) is 5.32. The maximum atomic E-state index is 11.9. The van der Waals surface area contributed by atoms with E-state index in [-0.39, 0.29) is 18.9 Å². The van der Waals surface area contributed by atoms with E-state index in [2.05, 4.69) is 34.8 Å². The van der Waals surface area contributed by atoms with Crippen LogP contribution >= 0.6 is 7.82 Å². The van der Waals surface area contributed by atoms with Gasteiger partial charge >= 0.3 is 7.82 Å². The smallest absolute Gasteiger partial charge is 0.350 e. The lowest BCUT2D eigenvalue weighted by atomic mass is 10.1. The van der Waals surface area contributed by atoms with Crippen LogP contribution in [0.5, 0.6) is 0 Å². The molecule has 6 nitrogen and oxygen atoms in total. The van der Waals surface area contributed by atoms with Crippen LogP contribution in [0.4, 0.5) is 0 Å². The molecule has 0 saturated heterocycles. The van der Waals surface area contributed by atoms with Gasteiger partial charge in [0.1, 0.15) is 0 Å². The number of rotatable bonds is 20. The molecule has 1 atom stereocenters. The van der Waals surface area contributed by atoms with E-state index in [0.29, 0.717) is 6.42 Å². The van der Waals surface area contributed by atoms with Crippen LogP contribution in [0.15, 0.2) is 12.2 Å². The minimum atomic E-state index is -4.56. The van der Waals surface area contributed by atoms with Crippen molar-refractivity contribution in [1.29, 1.82) is 0 Å². The van der Waals surface area contributed by atoms with E-state index in [4.69, 9.17) is 16.2 Å². The summed E-state index contributed by atoms with van der Waals surface area (Å²) in [4.78, 5) is 29.4. The average Bonchev–Trinajstić information content (AvgIpc) is 2.68. The predicted octanol–water partition coefficient (Wildman–Crippen LogP) is 5.64. The zero-order valence-electron chi connectivity index (χ0n) is 18.7. The first-order chi connectivity index (χ1) is 14.4. The topological polar surface area (TPSA) is 95.9 Å². The van der Waals surface area contributed by atoms with Crippen molar-refractivity contribution in [1.82, 2.24) is 5.32 Å². The molecule has 0 spiro atoms. The van der Waals surface area contributed by atoms with Crippen molar-refractivity contribution >= 4 is 13.7 Å². The van der Waals surface area contributed by atoms with Gasteiger partial charge in [0.05, 0.1) is 12.6 Å². The normalized spacial score (nSPS) is 12.7. The number of allylic oxidation sites excluding steroid dienone is 2. The zero-order valence-corrected chi connectivity index (χ0v) is 19.6. The fourth-order valence-corrected chi connectivity index (χ4v) is 3.51. The highest BCUT2D eigenvalue weighted by molar-refractivity contribution is 7.46. The largest absolute Gasteiger partial charge is 0.469 e. The second kappa shape index (κ2) is 19.8. The summed E-state index contributed by atoms with van der Waals surface area (Å²) in [6.07, 6.45) is 26.0. The van der Waals surface area contributed by atoms with Gasteiger partial charge in [0.25, 0.3) is 0 Å². The molecule has 0 rings (SSSR count). The molecule has 0 saturated carbocycles. The number of terminal acetylenes is 1. The lowest BCUT2D eigenvalue weighted by Gasteiger charge is -2.16. The van der Waals surface area contributed by atoms with Crippen LogP contribution in [0.2, 0.25) is 0 Å². The van der Waals surface area contributed by atoms with Crippen molar-refractivity contribution in [2.24, 2.45) is 0 Å². The van der Waals surface area contributed by atoms with Crippen LogP contribution in [0.3, 0.4) is 0 Å². The first-order valence-corrected chi connectivity index (χ1v) is 13.0. The highest BCUT2D eigenvalue weighted by Gasteiger charge is 2.19. The highest BCUT2D eigenvalue weighted by atomic mass is 31.2. The van der Waals surface area contributed by atoms with Crippen LogP contribution in [0, 0.1) is 12.3 Å². The van der Waals surface area contributed by atoms with E-state index in [1.807, 2.05) is 0 Å². The van der Waals surface area contributed by atoms with E-state index in [9.17, 15) is 9.36 Å². The number of unbranched alkanes of at least 4 members (excludes halogenated alkanes) is 11. The fraction of sp³-hybridized carbons (Fsp3) is 0.783. The van der Waals surface area contributed by atoms with Gasteiger partial charge in [-0.1, -0.05) is 70.4 Å². The lowest BCUT2D eigenvalue weighted by Crippen LogP contribution is -2.37. The van der Waals surface area contributed by atoms with Gasteiger partial charge in [0.15, 0.2) is 0 Å². The van der Waals surface area contributed by atoms with E-state index in [1.54, 1.807) is 0 Å². The predicted molar refractivity (Wildman–Crippen MR) is 123 cm³/mol. The van der Waals surface area contributed by atoms with Crippen molar-refractivity contribution in [2.75, 3.05) is 6.61 Å². The Morgan fingerprint density at radius 2 is 1.53 bits per heavy atom. The van der Waals surface area contributed by atoms with Gasteiger partial charge in [-0.3, -0.25) is 9.32 Å². The molecular formula is C23H42NO5P. The SMILES string of the molecule is C#CC[C@H](COP(=O)(O)O)NC(=O)CCCCCCCC=CCCCCCCCC. The molecular weight excluding hydrogens is 401 g/mol. The summed E-state index contributed by atoms with van der Waals surface area (Å²) in [5, 5.41) is 2.68. The van der Waals surface area contributed by atoms with Crippen LogP contribution in [-0.4, -0.2) is 28.3 Å². The quantitative estimate of drug-likeness (QED) is 0.0979. The van der Waals surface area contributed by atoms with Gasteiger partial charge in [-0.05, 0) is 32.1 Å². The number of amides is 1. The molecule has 0 aliphatic rings. The molecule has 0 radical (unpaired) electrons. The number of hydrogen-bond acceptors (Lipinski definition) is 3. The van der Waals surface area contributed by atoms with E-state index in [0.717, 1.165) is 25.7 Å². The summed E-state index contributed by atoms with van der Waals surface area (Å²) < 4.78 is 15.2. The molecule has 0 aliphatic carbocycles. The molecule has 0 aromatic rings. The maximum Gasteiger partial charge on any atom is 0.469 e. The van der Waals surface area contributed by atoms with Crippen LogP contribution < -0.4 is 5.32 Å². The van der Waals surface area contributed by atoms with Crippen molar-refractivity contribution in [3.8, 4) is 12.3 Å². The first-order valence-electron chi connectivity index (χ1n) is 11.5.